The maximum Gasteiger partial charge on any atom is 0.324 e. The van der Waals surface area contributed by atoms with Crippen LogP contribution >= 0.6 is 22.7 Å². The minimum absolute atomic E-state index is 0.0385. The molecule has 0 saturated carbocycles. The second kappa shape index (κ2) is 8.50. The van der Waals surface area contributed by atoms with Gasteiger partial charge >= 0.3 is 5.00 Å². The van der Waals surface area contributed by atoms with Gasteiger partial charge in [-0.3, -0.25) is 14.9 Å². The Bertz CT molecular complexity index is 1150. The summed E-state index contributed by atoms with van der Waals surface area (Å²) in [6, 6.07) is 4.81. The molecule has 0 fully saturated rings. The van der Waals surface area contributed by atoms with E-state index in [1.807, 2.05) is 0 Å². The van der Waals surface area contributed by atoms with Crippen molar-refractivity contribution in [2.45, 2.75) is 6.54 Å². The quantitative estimate of drug-likeness (QED) is 0.342. The van der Waals surface area contributed by atoms with Crippen molar-refractivity contribution >= 4 is 49.9 Å². The lowest BCUT2D eigenvalue weighted by Crippen LogP contribution is -2.19. The van der Waals surface area contributed by atoms with E-state index in [4.69, 9.17) is 4.74 Å². The van der Waals surface area contributed by atoms with Crippen LogP contribution in [0.1, 0.15) is 4.88 Å². The Labute approximate surface area is 165 Å². The predicted molar refractivity (Wildman–Crippen MR) is 102 cm³/mol. The topological polar surface area (TPSA) is 86.7 Å². The molecule has 0 bridgehead atoms. The number of thiazole rings is 1. The standard InChI is InChI=1S/C17H13F2N3O4S2/c1-26-7-6-21-16-12(19)8-10(18)9-13(16)28-17(21)20-14(23)4-2-11-3-5-15(27-11)22(24)25/h2-5,8-9H,6-7H2,1H3. The molecule has 0 aliphatic carbocycles. The van der Waals surface area contributed by atoms with Crippen LogP contribution in [0.3, 0.4) is 0 Å². The molecular formula is C17H13F2N3O4S2. The molecule has 2 heterocycles. The number of rotatable bonds is 6. The highest BCUT2D eigenvalue weighted by molar-refractivity contribution is 7.16. The number of hydrogen-bond donors (Lipinski definition) is 0. The first-order chi connectivity index (χ1) is 13.4. The Hall–Kier alpha value is -2.76. The fraction of sp³-hybridized carbons (Fsp3) is 0.176. The van der Waals surface area contributed by atoms with Crippen LogP contribution in [0.4, 0.5) is 13.8 Å². The zero-order chi connectivity index (χ0) is 20.3. The van der Waals surface area contributed by atoms with Gasteiger partial charge in [-0.15, -0.1) is 0 Å². The molecule has 0 aliphatic rings. The third-order valence-corrected chi connectivity index (χ3v) is 5.63. The summed E-state index contributed by atoms with van der Waals surface area (Å²) in [7, 11) is 1.48. The summed E-state index contributed by atoms with van der Waals surface area (Å²) in [6.07, 6.45) is 2.58. The Kier molecular flexibility index (Phi) is 6.07. The fourth-order valence-electron chi connectivity index (χ4n) is 2.42. The van der Waals surface area contributed by atoms with Crippen LogP contribution in [-0.2, 0) is 16.1 Å². The van der Waals surface area contributed by atoms with Crippen LogP contribution in [0, 0.1) is 21.7 Å². The molecule has 7 nitrogen and oxygen atoms in total. The zero-order valence-electron chi connectivity index (χ0n) is 14.4. The monoisotopic (exact) mass is 425 g/mol. The molecule has 0 aliphatic heterocycles. The van der Waals surface area contributed by atoms with Gasteiger partial charge in [0.25, 0.3) is 5.91 Å². The number of hydrogen-bond acceptors (Lipinski definition) is 6. The van der Waals surface area contributed by atoms with Gasteiger partial charge in [0.1, 0.15) is 5.82 Å². The highest BCUT2D eigenvalue weighted by Crippen LogP contribution is 2.25. The Morgan fingerprint density at radius 2 is 2.14 bits per heavy atom. The van der Waals surface area contributed by atoms with Crippen LogP contribution in [0.15, 0.2) is 35.3 Å². The van der Waals surface area contributed by atoms with Gasteiger partial charge in [0, 0.05) is 36.7 Å². The molecule has 0 radical (unpaired) electrons. The fourth-order valence-corrected chi connectivity index (χ4v) is 4.24. The minimum atomic E-state index is -0.752. The smallest absolute Gasteiger partial charge is 0.324 e. The lowest BCUT2D eigenvalue weighted by Gasteiger charge is -2.04. The van der Waals surface area contributed by atoms with Crippen molar-refractivity contribution in [1.82, 2.24) is 4.57 Å². The first-order valence-corrected chi connectivity index (χ1v) is 9.50. The molecule has 0 saturated heterocycles. The number of fused-ring (bicyclic) bond motifs is 1. The number of methoxy groups -OCH3 is 1. The molecule has 2 aromatic heterocycles. The highest BCUT2D eigenvalue weighted by atomic mass is 32.1. The van der Waals surface area contributed by atoms with Gasteiger partial charge in [-0.1, -0.05) is 22.7 Å². The highest BCUT2D eigenvalue weighted by Gasteiger charge is 2.13. The molecule has 11 heteroatoms. The van der Waals surface area contributed by atoms with Crippen LogP contribution in [0.2, 0.25) is 0 Å². The third kappa shape index (κ3) is 4.38. The van der Waals surface area contributed by atoms with Gasteiger partial charge in [-0.2, -0.15) is 4.99 Å². The molecule has 1 amide bonds. The lowest BCUT2D eigenvalue weighted by molar-refractivity contribution is -0.380. The number of thiophene rings is 1. The molecular weight excluding hydrogens is 412 g/mol. The van der Waals surface area contributed by atoms with Crippen LogP contribution in [0.5, 0.6) is 0 Å². The van der Waals surface area contributed by atoms with Crippen molar-refractivity contribution in [2.24, 2.45) is 4.99 Å². The molecule has 3 rings (SSSR count). The largest absolute Gasteiger partial charge is 0.383 e. The Morgan fingerprint density at radius 3 is 2.82 bits per heavy atom. The average molecular weight is 425 g/mol. The first-order valence-electron chi connectivity index (χ1n) is 7.87. The maximum atomic E-state index is 14.2. The van der Waals surface area contributed by atoms with Crippen molar-refractivity contribution in [1.29, 1.82) is 0 Å². The molecule has 0 N–H and O–H groups in total. The van der Waals surface area contributed by atoms with Gasteiger partial charge in [-0.05, 0) is 18.2 Å². The summed E-state index contributed by atoms with van der Waals surface area (Å²) >= 11 is 1.90. The summed E-state index contributed by atoms with van der Waals surface area (Å²) in [6.45, 7) is 0.477. The van der Waals surface area contributed by atoms with Gasteiger partial charge in [0.2, 0.25) is 0 Å². The number of carbonyl (C=O) groups excluding carboxylic acids is 1. The van der Waals surface area contributed by atoms with E-state index in [1.165, 1.54) is 36.0 Å². The van der Waals surface area contributed by atoms with Crippen LogP contribution < -0.4 is 4.80 Å². The summed E-state index contributed by atoms with van der Waals surface area (Å²) in [4.78, 5) is 27.0. The number of carbonyl (C=O) groups is 1. The van der Waals surface area contributed by atoms with E-state index < -0.39 is 22.5 Å². The van der Waals surface area contributed by atoms with E-state index in [1.54, 1.807) is 0 Å². The van der Waals surface area contributed by atoms with E-state index in [9.17, 15) is 23.7 Å². The number of halogens is 2. The van der Waals surface area contributed by atoms with Gasteiger partial charge < -0.3 is 9.30 Å². The third-order valence-electron chi connectivity index (χ3n) is 3.60. The van der Waals surface area contributed by atoms with Crippen molar-refractivity contribution in [3.63, 3.8) is 0 Å². The zero-order valence-corrected chi connectivity index (χ0v) is 16.1. The first kappa shape index (κ1) is 20.0. The predicted octanol–water partition coefficient (Wildman–Crippen LogP) is 3.74. The van der Waals surface area contributed by atoms with E-state index in [0.29, 0.717) is 9.58 Å². The molecule has 1 aromatic carbocycles. The van der Waals surface area contributed by atoms with Crippen LogP contribution in [0.25, 0.3) is 16.3 Å². The molecule has 0 atom stereocenters. The van der Waals surface area contributed by atoms with Crippen molar-refractivity contribution < 1.29 is 23.2 Å². The second-order valence-corrected chi connectivity index (χ2v) is 7.58. The minimum Gasteiger partial charge on any atom is -0.383 e. The SMILES string of the molecule is COCCn1c(=NC(=O)C=Cc2ccc([N+](=O)[O-])s2)sc2cc(F)cc(F)c21. The van der Waals surface area contributed by atoms with Gasteiger partial charge in [-0.25, -0.2) is 8.78 Å². The summed E-state index contributed by atoms with van der Waals surface area (Å²) in [5.74, 6) is -2.10. The van der Waals surface area contributed by atoms with E-state index >= 15 is 0 Å². The van der Waals surface area contributed by atoms with Crippen molar-refractivity contribution in [3.8, 4) is 0 Å². The number of nitro groups is 1. The number of benzene rings is 1. The molecule has 146 valence electrons. The summed E-state index contributed by atoms with van der Waals surface area (Å²) < 4.78 is 34.5. The van der Waals surface area contributed by atoms with Crippen LogP contribution in [-0.4, -0.2) is 29.1 Å². The van der Waals surface area contributed by atoms with Crippen molar-refractivity contribution in [2.75, 3.05) is 13.7 Å². The normalized spacial score (nSPS) is 12.3. The van der Waals surface area contributed by atoms with E-state index in [0.717, 1.165) is 34.8 Å². The van der Waals surface area contributed by atoms with Crippen molar-refractivity contribution in [3.05, 3.63) is 61.8 Å². The summed E-state index contributed by atoms with van der Waals surface area (Å²) in [5, 5.41) is 10.7. The average Bonchev–Trinajstić information content (AvgIpc) is 3.23. The lowest BCUT2D eigenvalue weighted by atomic mass is 10.3. The summed E-state index contributed by atoms with van der Waals surface area (Å²) in [5.41, 5.74) is 0.146. The van der Waals surface area contributed by atoms with Gasteiger partial charge in [0.05, 0.1) is 21.7 Å². The molecule has 28 heavy (non-hydrogen) atoms. The maximum absolute atomic E-state index is 14.2. The van der Waals surface area contributed by atoms with E-state index in [2.05, 4.69) is 4.99 Å². The number of nitrogens with zero attached hydrogens (tertiary/aromatic N) is 3. The second-order valence-electron chi connectivity index (χ2n) is 5.48. The number of aromatic nitrogens is 1. The Balaban J connectivity index is 1.97. The molecule has 0 spiro atoms. The Morgan fingerprint density at radius 1 is 1.36 bits per heavy atom. The number of ether oxygens (including phenoxy) is 1. The number of amides is 1. The molecule has 3 aromatic rings. The van der Waals surface area contributed by atoms with E-state index in [-0.39, 0.29) is 28.5 Å². The molecule has 0 unspecified atom stereocenters. The van der Waals surface area contributed by atoms with Gasteiger partial charge in [0.15, 0.2) is 10.6 Å².